The topological polar surface area (TPSA) is 45.0 Å². The molecule has 1 aromatic carbocycles. The minimum atomic E-state index is 0. The predicted molar refractivity (Wildman–Crippen MR) is 74.2 cm³/mol. The van der Waals surface area contributed by atoms with Crippen molar-refractivity contribution in [3.8, 4) is 6.07 Å². The number of morpholine rings is 1. The molecule has 0 radical (unpaired) electrons. The summed E-state index contributed by atoms with van der Waals surface area (Å²) < 4.78 is 5.62. The molecule has 0 aromatic heterocycles. The van der Waals surface area contributed by atoms with E-state index in [1.165, 1.54) is 5.56 Å². The van der Waals surface area contributed by atoms with Gasteiger partial charge in [-0.2, -0.15) is 5.26 Å². The summed E-state index contributed by atoms with van der Waals surface area (Å²) in [6, 6.07) is 10.3. The Morgan fingerprint density at radius 1 is 1.39 bits per heavy atom. The molecule has 0 saturated carbocycles. The van der Waals surface area contributed by atoms with E-state index in [9.17, 15) is 0 Å². The van der Waals surface area contributed by atoms with Crippen molar-refractivity contribution in [3.63, 3.8) is 0 Å². The molecule has 1 heterocycles. The highest BCUT2D eigenvalue weighted by atomic mass is 35.5. The van der Waals surface area contributed by atoms with Crippen LogP contribution in [0.15, 0.2) is 24.3 Å². The smallest absolute Gasteiger partial charge is 0.0829 e. The number of nitrogens with one attached hydrogen (secondary N) is 1. The molecule has 18 heavy (non-hydrogen) atoms. The van der Waals surface area contributed by atoms with Gasteiger partial charge in [-0.3, -0.25) is 0 Å². The second kappa shape index (κ2) is 7.60. The van der Waals surface area contributed by atoms with Crippen LogP contribution in [-0.4, -0.2) is 25.3 Å². The summed E-state index contributed by atoms with van der Waals surface area (Å²) in [4.78, 5) is 0. The van der Waals surface area contributed by atoms with E-state index >= 15 is 0 Å². The van der Waals surface area contributed by atoms with Crippen molar-refractivity contribution in [2.24, 2.45) is 0 Å². The van der Waals surface area contributed by atoms with Crippen molar-refractivity contribution in [2.45, 2.75) is 25.0 Å². The first-order valence-electron chi connectivity index (χ1n) is 5.74. The normalized spacial score (nSPS) is 22.9. The molecule has 1 fully saturated rings. The Morgan fingerprint density at radius 2 is 2.11 bits per heavy atom. The van der Waals surface area contributed by atoms with Gasteiger partial charge in [0.05, 0.1) is 25.2 Å². The molecule has 0 aliphatic carbocycles. The molecule has 1 aliphatic heterocycles. The first-order chi connectivity index (χ1) is 8.28. The average Bonchev–Trinajstić information content (AvgIpc) is 2.35. The molecule has 1 N–H and O–H groups in total. The fourth-order valence-electron chi connectivity index (χ4n) is 1.94. The molecule has 0 amide bonds. The van der Waals surface area contributed by atoms with E-state index in [-0.39, 0.29) is 18.5 Å². The Hall–Kier alpha value is -0.790. The van der Waals surface area contributed by atoms with Crippen LogP contribution in [0.5, 0.6) is 0 Å². The van der Waals surface area contributed by atoms with Gasteiger partial charge in [0.15, 0.2) is 0 Å². The van der Waals surface area contributed by atoms with Gasteiger partial charge in [0.25, 0.3) is 0 Å². The molecule has 0 spiro atoms. The van der Waals surface area contributed by atoms with Gasteiger partial charge in [-0.05, 0) is 24.1 Å². The molecule has 2 rings (SSSR count). The van der Waals surface area contributed by atoms with E-state index in [4.69, 9.17) is 21.6 Å². The van der Waals surface area contributed by atoms with E-state index in [1.54, 1.807) is 0 Å². The highest BCUT2D eigenvalue weighted by Crippen LogP contribution is 2.13. The number of hydrogen-bond donors (Lipinski definition) is 1. The summed E-state index contributed by atoms with van der Waals surface area (Å²) in [5.74, 6) is 0. The standard InChI is InChI=1S/C13H15ClN2O.ClH/c14-11-3-1-10(2-4-11)7-12-9-17-13(5-6-15)8-16-12;/h1-4,12-13,16H,5,7-9H2;1H/t12-,13-;/m0./s1. The van der Waals surface area contributed by atoms with Crippen molar-refractivity contribution >= 4 is 24.0 Å². The number of ether oxygens (including phenoxy) is 1. The number of rotatable bonds is 3. The molecule has 5 heteroatoms. The van der Waals surface area contributed by atoms with Gasteiger partial charge in [0.1, 0.15) is 0 Å². The molecule has 1 aromatic rings. The highest BCUT2D eigenvalue weighted by molar-refractivity contribution is 6.30. The van der Waals surface area contributed by atoms with Gasteiger partial charge in [0, 0.05) is 17.6 Å². The van der Waals surface area contributed by atoms with Crippen LogP contribution in [0.25, 0.3) is 0 Å². The fourth-order valence-corrected chi connectivity index (χ4v) is 2.06. The zero-order chi connectivity index (χ0) is 12.1. The van der Waals surface area contributed by atoms with Crippen LogP contribution in [0.1, 0.15) is 12.0 Å². The minimum absolute atomic E-state index is 0. The van der Waals surface area contributed by atoms with Gasteiger partial charge in [-0.15, -0.1) is 12.4 Å². The lowest BCUT2D eigenvalue weighted by atomic mass is 10.0. The molecule has 1 aliphatic rings. The molecular formula is C13H16Cl2N2O. The van der Waals surface area contributed by atoms with Gasteiger partial charge >= 0.3 is 0 Å². The maximum absolute atomic E-state index is 8.58. The number of halogens is 2. The van der Waals surface area contributed by atoms with Crippen LogP contribution in [0.4, 0.5) is 0 Å². The molecular weight excluding hydrogens is 271 g/mol. The lowest BCUT2D eigenvalue weighted by Crippen LogP contribution is -2.47. The Labute approximate surface area is 118 Å². The van der Waals surface area contributed by atoms with E-state index in [1.807, 2.05) is 24.3 Å². The summed E-state index contributed by atoms with van der Waals surface area (Å²) in [7, 11) is 0. The molecule has 0 bridgehead atoms. The molecule has 3 nitrogen and oxygen atoms in total. The first kappa shape index (κ1) is 15.3. The van der Waals surface area contributed by atoms with Crippen molar-refractivity contribution in [2.75, 3.05) is 13.2 Å². The molecule has 0 unspecified atom stereocenters. The first-order valence-corrected chi connectivity index (χ1v) is 6.12. The lowest BCUT2D eigenvalue weighted by molar-refractivity contribution is 0.00740. The van der Waals surface area contributed by atoms with Crippen molar-refractivity contribution in [1.82, 2.24) is 5.32 Å². The average molecular weight is 287 g/mol. The van der Waals surface area contributed by atoms with Crippen LogP contribution in [0.2, 0.25) is 5.02 Å². The van der Waals surface area contributed by atoms with Gasteiger partial charge < -0.3 is 10.1 Å². The van der Waals surface area contributed by atoms with Gasteiger partial charge in [0.2, 0.25) is 0 Å². The number of nitrogens with zero attached hydrogens (tertiary/aromatic N) is 1. The Morgan fingerprint density at radius 3 is 2.67 bits per heavy atom. The monoisotopic (exact) mass is 286 g/mol. The fraction of sp³-hybridized carbons (Fsp3) is 0.462. The Kier molecular flexibility index (Phi) is 6.45. The van der Waals surface area contributed by atoms with Gasteiger partial charge in [-0.1, -0.05) is 23.7 Å². The van der Waals surface area contributed by atoms with Crippen molar-refractivity contribution in [1.29, 1.82) is 5.26 Å². The molecule has 2 atom stereocenters. The maximum Gasteiger partial charge on any atom is 0.0829 e. The van der Waals surface area contributed by atoms with E-state index < -0.39 is 0 Å². The summed E-state index contributed by atoms with van der Waals surface area (Å²) in [5, 5.41) is 12.7. The number of hydrogen-bond acceptors (Lipinski definition) is 3. The predicted octanol–water partition coefficient (Wildman–Crippen LogP) is 2.57. The van der Waals surface area contributed by atoms with E-state index in [2.05, 4.69) is 11.4 Å². The third-order valence-electron chi connectivity index (χ3n) is 2.88. The summed E-state index contributed by atoms with van der Waals surface area (Å²) in [6.45, 7) is 1.42. The van der Waals surface area contributed by atoms with Crippen molar-refractivity contribution < 1.29 is 4.74 Å². The Balaban J connectivity index is 0.00000162. The van der Waals surface area contributed by atoms with Crippen LogP contribution >= 0.6 is 24.0 Å². The number of benzene rings is 1. The minimum Gasteiger partial charge on any atom is -0.374 e. The zero-order valence-electron chi connectivity index (χ0n) is 9.93. The van der Waals surface area contributed by atoms with E-state index in [0.717, 1.165) is 18.0 Å². The maximum atomic E-state index is 8.58. The Bertz CT molecular complexity index is 394. The number of nitriles is 1. The van der Waals surface area contributed by atoms with Gasteiger partial charge in [-0.25, -0.2) is 0 Å². The SMILES string of the molecule is Cl.N#CC[C@H]1CN[C@@H](Cc2ccc(Cl)cc2)CO1. The molecule has 1 saturated heterocycles. The van der Waals surface area contributed by atoms with E-state index in [0.29, 0.717) is 19.1 Å². The zero-order valence-corrected chi connectivity index (χ0v) is 11.5. The third-order valence-corrected chi connectivity index (χ3v) is 3.13. The summed E-state index contributed by atoms with van der Waals surface area (Å²) in [6.07, 6.45) is 1.43. The van der Waals surface area contributed by atoms with Crippen LogP contribution in [-0.2, 0) is 11.2 Å². The third kappa shape index (κ3) is 4.47. The largest absolute Gasteiger partial charge is 0.374 e. The quantitative estimate of drug-likeness (QED) is 0.929. The second-order valence-electron chi connectivity index (χ2n) is 4.25. The lowest BCUT2D eigenvalue weighted by Gasteiger charge is -2.29. The van der Waals surface area contributed by atoms with Crippen LogP contribution < -0.4 is 5.32 Å². The summed E-state index contributed by atoms with van der Waals surface area (Å²) in [5.41, 5.74) is 1.24. The van der Waals surface area contributed by atoms with Crippen LogP contribution in [0, 0.1) is 11.3 Å². The van der Waals surface area contributed by atoms with Crippen molar-refractivity contribution in [3.05, 3.63) is 34.9 Å². The highest BCUT2D eigenvalue weighted by Gasteiger charge is 2.20. The summed E-state index contributed by atoms with van der Waals surface area (Å²) >= 11 is 5.84. The van der Waals surface area contributed by atoms with Crippen LogP contribution in [0.3, 0.4) is 0 Å². The molecule has 98 valence electrons. The second-order valence-corrected chi connectivity index (χ2v) is 4.69.